The van der Waals surface area contributed by atoms with Crippen LogP contribution in [-0.2, 0) is 0 Å². The van der Waals surface area contributed by atoms with Gasteiger partial charge in [0.1, 0.15) is 0 Å². The first-order valence-corrected chi connectivity index (χ1v) is 9.05. The highest BCUT2D eigenvalue weighted by atomic mass is 19.1. The van der Waals surface area contributed by atoms with Gasteiger partial charge in [0, 0.05) is 12.6 Å². The third-order valence-electron chi connectivity index (χ3n) is 4.81. The smallest absolute Gasteiger partial charge is 0.261 e. The maximum absolute atomic E-state index is 13.8. The van der Waals surface area contributed by atoms with Crippen molar-refractivity contribution in [2.75, 3.05) is 20.2 Å². The van der Waals surface area contributed by atoms with Crippen LogP contribution in [0.2, 0.25) is 0 Å². The summed E-state index contributed by atoms with van der Waals surface area (Å²) in [7, 11) is 1.44. The first-order chi connectivity index (χ1) is 13.0. The van der Waals surface area contributed by atoms with E-state index in [0.717, 1.165) is 12.0 Å². The van der Waals surface area contributed by atoms with Crippen molar-refractivity contribution < 1.29 is 18.7 Å². The van der Waals surface area contributed by atoms with E-state index in [-0.39, 0.29) is 29.4 Å². The largest absolute Gasteiger partial charge is 0.494 e. The minimum Gasteiger partial charge on any atom is -0.494 e. The first-order valence-electron chi connectivity index (χ1n) is 9.05. The number of amides is 2. The lowest BCUT2D eigenvalue weighted by atomic mass is 10.1. The standard InChI is InChI=1S/C21H23FN2O3/c1-14(15-9-10-19(27-2)18(22)13-15)23-11-5-6-12-24-20(25)16-7-3-4-8-17(16)21(24)26/h3-4,7-10,13-14,23H,5-6,11-12H2,1-2H3/t14-/m1/s1. The Labute approximate surface area is 158 Å². The number of halogens is 1. The van der Waals surface area contributed by atoms with Crippen LogP contribution in [0.5, 0.6) is 5.75 Å². The van der Waals surface area contributed by atoms with E-state index in [1.165, 1.54) is 18.1 Å². The van der Waals surface area contributed by atoms with Crippen molar-refractivity contribution >= 4 is 11.8 Å². The Bertz CT molecular complexity index is 818. The second kappa shape index (κ2) is 8.31. The van der Waals surface area contributed by atoms with E-state index < -0.39 is 0 Å². The number of carbonyl (C=O) groups is 2. The molecule has 2 aromatic rings. The van der Waals surface area contributed by atoms with Crippen molar-refractivity contribution in [1.29, 1.82) is 0 Å². The Morgan fingerprint density at radius 1 is 1.07 bits per heavy atom. The molecular formula is C21H23FN2O3. The molecule has 0 radical (unpaired) electrons. The van der Waals surface area contributed by atoms with Gasteiger partial charge in [0.15, 0.2) is 11.6 Å². The van der Waals surface area contributed by atoms with Crippen molar-refractivity contribution in [3.8, 4) is 5.75 Å². The summed E-state index contributed by atoms with van der Waals surface area (Å²) < 4.78 is 18.7. The van der Waals surface area contributed by atoms with Crippen molar-refractivity contribution in [3.63, 3.8) is 0 Å². The quantitative estimate of drug-likeness (QED) is 0.570. The van der Waals surface area contributed by atoms with Crippen LogP contribution in [0.4, 0.5) is 4.39 Å². The topological polar surface area (TPSA) is 58.6 Å². The highest BCUT2D eigenvalue weighted by Gasteiger charge is 2.34. The van der Waals surface area contributed by atoms with Crippen molar-refractivity contribution in [1.82, 2.24) is 10.2 Å². The van der Waals surface area contributed by atoms with Gasteiger partial charge in [0.2, 0.25) is 0 Å². The van der Waals surface area contributed by atoms with E-state index in [1.54, 1.807) is 30.3 Å². The van der Waals surface area contributed by atoms with Crippen LogP contribution in [0.3, 0.4) is 0 Å². The molecule has 0 unspecified atom stereocenters. The Morgan fingerprint density at radius 2 is 1.74 bits per heavy atom. The number of ether oxygens (including phenoxy) is 1. The molecule has 142 valence electrons. The summed E-state index contributed by atoms with van der Waals surface area (Å²) in [5, 5.41) is 3.33. The Morgan fingerprint density at radius 3 is 2.33 bits per heavy atom. The Balaban J connectivity index is 1.44. The number of nitrogens with zero attached hydrogens (tertiary/aromatic N) is 1. The average molecular weight is 370 g/mol. The number of rotatable bonds is 8. The normalized spacial score (nSPS) is 14.4. The number of hydrogen-bond donors (Lipinski definition) is 1. The number of imide groups is 1. The number of benzene rings is 2. The Hall–Kier alpha value is -2.73. The SMILES string of the molecule is COc1ccc([C@@H](C)NCCCCN2C(=O)c3ccccc3C2=O)cc1F. The van der Waals surface area contributed by atoms with Crippen LogP contribution in [0.1, 0.15) is 52.1 Å². The minimum absolute atomic E-state index is 0.00953. The summed E-state index contributed by atoms with van der Waals surface area (Å²) >= 11 is 0. The number of unbranched alkanes of at least 4 members (excludes halogenated alkanes) is 1. The maximum Gasteiger partial charge on any atom is 0.261 e. The zero-order chi connectivity index (χ0) is 19.4. The van der Waals surface area contributed by atoms with E-state index >= 15 is 0 Å². The number of fused-ring (bicyclic) bond motifs is 1. The van der Waals surface area contributed by atoms with Crippen LogP contribution in [0, 0.1) is 5.82 Å². The van der Waals surface area contributed by atoms with E-state index in [9.17, 15) is 14.0 Å². The molecule has 0 saturated carbocycles. The molecule has 5 nitrogen and oxygen atoms in total. The molecule has 1 N–H and O–H groups in total. The summed E-state index contributed by atoms with van der Waals surface area (Å²) in [5.41, 5.74) is 1.81. The van der Waals surface area contributed by atoms with Gasteiger partial charge in [-0.15, -0.1) is 0 Å². The van der Waals surface area contributed by atoms with Crippen LogP contribution in [0.15, 0.2) is 42.5 Å². The lowest BCUT2D eigenvalue weighted by Gasteiger charge is -2.16. The van der Waals surface area contributed by atoms with Crippen molar-refractivity contribution in [2.24, 2.45) is 0 Å². The summed E-state index contributed by atoms with van der Waals surface area (Å²) in [4.78, 5) is 25.9. The molecule has 0 spiro atoms. The highest BCUT2D eigenvalue weighted by Crippen LogP contribution is 2.23. The molecule has 2 amide bonds. The van der Waals surface area contributed by atoms with Crippen LogP contribution in [0.25, 0.3) is 0 Å². The lowest BCUT2D eigenvalue weighted by molar-refractivity contribution is 0.0651. The fourth-order valence-corrected chi connectivity index (χ4v) is 3.23. The highest BCUT2D eigenvalue weighted by molar-refractivity contribution is 6.21. The lowest BCUT2D eigenvalue weighted by Crippen LogP contribution is -2.31. The van der Waals surface area contributed by atoms with Crippen molar-refractivity contribution in [2.45, 2.75) is 25.8 Å². The monoisotopic (exact) mass is 370 g/mol. The van der Waals surface area contributed by atoms with Crippen LogP contribution in [-0.4, -0.2) is 36.9 Å². The number of methoxy groups -OCH3 is 1. The first kappa shape index (κ1) is 19.0. The number of carbonyl (C=O) groups excluding carboxylic acids is 2. The fourth-order valence-electron chi connectivity index (χ4n) is 3.23. The fraction of sp³-hybridized carbons (Fsp3) is 0.333. The van der Waals surface area contributed by atoms with E-state index in [2.05, 4.69) is 5.32 Å². The molecule has 1 aliphatic rings. The molecule has 2 aromatic carbocycles. The zero-order valence-corrected chi connectivity index (χ0v) is 15.5. The maximum atomic E-state index is 13.8. The molecule has 6 heteroatoms. The van der Waals surface area contributed by atoms with Gasteiger partial charge in [0.05, 0.1) is 18.2 Å². The van der Waals surface area contributed by atoms with E-state index in [1.807, 2.05) is 13.0 Å². The molecule has 1 heterocycles. The minimum atomic E-state index is -0.380. The number of nitrogens with one attached hydrogen (secondary N) is 1. The molecule has 3 rings (SSSR count). The van der Waals surface area contributed by atoms with E-state index in [0.29, 0.717) is 30.6 Å². The van der Waals surface area contributed by atoms with Gasteiger partial charge in [-0.05, 0) is 56.1 Å². The summed E-state index contributed by atoms with van der Waals surface area (Å²) in [6.45, 7) is 3.07. The molecule has 0 aliphatic carbocycles. The van der Waals surface area contributed by atoms with Gasteiger partial charge >= 0.3 is 0 Å². The molecule has 0 bridgehead atoms. The molecule has 0 fully saturated rings. The van der Waals surface area contributed by atoms with E-state index in [4.69, 9.17) is 4.74 Å². The number of hydrogen-bond acceptors (Lipinski definition) is 4. The second-order valence-electron chi connectivity index (χ2n) is 6.58. The predicted molar refractivity (Wildman–Crippen MR) is 100 cm³/mol. The van der Waals surface area contributed by atoms with Crippen LogP contribution >= 0.6 is 0 Å². The summed E-state index contributed by atoms with van der Waals surface area (Å²) in [6, 6.07) is 11.8. The summed E-state index contributed by atoms with van der Waals surface area (Å²) in [6.07, 6.45) is 1.51. The molecule has 0 saturated heterocycles. The van der Waals surface area contributed by atoms with Gasteiger partial charge in [-0.2, -0.15) is 0 Å². The zero-order valence-electron chi connectivity index (χ0n) is 15.5. The predicted octanol–water partition coefficient (Wildman–Crippen LogP) is 3.56. The average Bonchev–Trinajstić information content (AvgIpc) is 2.92. The molecule has 1 aliphatic heterocycles. The molecule has 0 aromatic heterocycles. The van der Waals surface area contributed by atoms with Gasteiger partial charge in [0.25, 0.3) is 11.8 Å². The summed E-state index contributed by atoms with van der Waals surface area (Å²) in [5.74, 6) is -0.586. The third-order valence-corrected chi connectivity index (χ3v) is 4.81. The van der Waals surface area contributed by atoms with Gasteiger partial charge in [-0.3, -0.25) is 14.5 Å². The second-order valence-corrected chi connectivity index (χ2v) is 6.58. The van der Waals surface area contributed by atoms with Crippen LogP contribution < -0.4 is 10.1 Å². The molecule has 27 heavy (non-hydrogen) atoms. The Kier molecular flexibility index (Phi) is 5.86. The molecule has 1 atom stereocenters. The third kappa shape index (κ3) is 4.01. The van der Waals surface area contributed by atoms with Gasteiger partial charge in [-0.25, -0.2) is 4.39 Å². The van der Waals surface area contributed by atoms with Gasteiger partial charge < -0.3 is 10.1 Å². The van der Waals surface area contributed by atoms with Crippen molar-refractivity contribution in [3.05, 3.63) is 65.0 Å². The van der Waals surface area contributed by atoms with Gasteiger partial charge in [-0.1, -0.05) is 18.2 Å². The molecular weight excluding hydrogens is 347 g/mol.